The van der Waals surface area contributed by atoms with Crippen molar-refractivity contribution in [2.24, 2.45) is 0 Å². The van der Waals surface area contributed by atoms with Gasteiger partial charge < -0.3 is 0 Å². The van der Waals surface area contributed by atoms with Crippen LogP contribution in [0.3, 0.4) is 0 Å². The van der Waals surface area contributed by atoms with Gasteiger partial charge in [-0.15, -0.1) is 22.9 Å². The van der Waals surface area contributed by atoms with Gasteiger partial charge in [0.25, 0.3) is 0 Å². The molecule has 1 aromatic carbocycles. The highest BCUT2D eigenvalue weighted by Crippen LogP contribution is 2.30. The van der Waals surface area contributed by atoms with Crippen molar-refractivity contribution in [3.05, 3.63) is 51.7 Å². The molecule has 0 N–H and O–H groups in total. The molecule has 86 valence electrons. The molecule has 0 amide bonds. The lowest BCUT2D eigenvalue weighted by Gasteiger charge is -2.03. The number of fused-ring (bicyclic) bond motifs is 1. The van der Waals surface area contributed by atoms with Gasteiger partial charge in [-0.3, -0.25) is 0 Å². The maximum Gasteiger partial charge on any atom is 0.0956 e. The molecule has 3 aromatic rings. The Bertz CT molecular complexity index is 582. The zero-order valence-electron chi connectivity index (χ0n) is 8.97. The first-order valence-corrected chi connectivity index (χ1v) is 7.53. The van der Waals surface area contributed by atoms with E-state index in [0.29, 0.717) is 0 Å². The van der Waals surface area contributed by atoms with Gasteiger partial charge in [-0.05, 0) is 34.5 Å². The smallest absolute Gasteiger partial charge is 0.0956 e. The van der Waals surface area contributed by atoms with E-state index in [2.05, 4.69) is 27.9 Å². The number of hydrogen-bond acceptors (Lipinski definition) is 3. The Morgan fingerprint density at radius 3 is 2.88 bits per heavy atom. The summed E-state index contributed by atoms with van der Waals surface area (Å²) in [7, 11) is 0. The van der Waals surface area contributed by atoms with Crippen molar-refractivity contribution in [3.8, 4) is 0 Å². The van der Waals surface area contributed by atoms with E-state index in [1.807, 2.05) is 18.2 Å². The van der Waals surface area contributed by atoms with Gasteiger partial charge in [-0.25, -0.2) is 4.98 Å². The van der Waals surface area contributed by atoms with Crippen molar-refractivity contribution in [1.29, 1.82) is 0 Å². The molecule has 0 spiro atoms. The van der Waals surface area contributed by atoms with E-state index in [0.717, 1.165) is 16.9 Å². The van der Waals surface area contributed by atoms with Gasteiger partial charge in [0.05, 0.1) is 20.6 Å². The minimum absolute atomic E-state index is 0.0295. The van der Waals surface area contributed by atoms with Crippen LogP contribution < -0.4 is 0 Å². The molecule has 0 aliphatic carbocycles. The summed E-state index contributed by atoms with van der Waals surface area (Å²) < 4.78 is 1.23. The number of benzene rings is 1. The number of para-hydroxylation sites is 1. The second kappa shape index (κ2) is 4.77. The van der Waals surface area contributed by atoms with Crippen LogP contribution in [0.15, 0.2) is 41.1 Å². The van der Waals surface area contributed by atoms with E-state index < -0.39 is 0 Å². The Morgan fingerprint density at radius 1 is 1.24 bits per heavy atom. The molecule has 2 aromatic heterocycles. The minimum Gasteiger partial charge on any atom is -0.241 e. The maximum atomic E-state index is 6.38. The number of rotatable bonds is 3. The first kappa shape index (κ1) is 11.2. The normalized spacial score (nSPS) is 13.0. The number of thiazole rings is 1. The highest BCUT2D eigenvalue weighted by molar-refractivity contribution is 7.18. The highest BCUT2D eigenvalue weighted by atomic mass is 35.5. The molecule has 0 bridgehead atoms. The standard InChI is InChI=1S/C13H10ClNS2/c14-10(9-5-6-16-8-9)7-13-15-11-3-1-2-4-12(11)17-13/h1-6,8,10H,7H2. The molecule has 1 unspecified atom stereocenters. The molecule has 17 heavy (non-hydrogen) atoms. The van der Waals surface area contributed by atoms with Crippen LogP contribution in [0.1, 0.15) is 15.9 Å². The molecule has 3 rings (SSSR count). The van der Waals surface area contributed by atoms with Gasteiger partial charge in [-0.2, -0.15) is 11.3 Å². The molecule has 2 heterocycles. The number of halogens is 1. The Kier molecular flexibility index (Phi) is 3.14. The predicted octanol–water partition coefficient (Wildman–Crippen LogP) is 4.88. The number of thiophene rings is 1. The number of alkyl halides is 1. The van der Waals surface area contributed by atoms with Gasteiger partial charge in [0.1, 0.15) is 0 Å². The van der Waals surface area contributed by atoms with E-state index in [9.17, 15) is 0 Å². The van der Waals surface area contributed by atoms with E-state index >= 15 is 0 Å². The first-order chi connectivity index (χ1) is 8.33. The number of hydrogen-bond donors (Lipinski definition) is 0. The van der Waals surface area contributed by atoms with Gasteiger partial charge in [0.15, 0.2) is 0 Å². The van der Waals surface area contributed by atoms with Crippen LogP contribution in [0.2, 0.25) is 0 Å². The monoisotopic (exact) mass is 279 g/mol. The Balaban J connectivity index is 1.85. The highest BCUT2D eigenvalue weighted by Gasteiger charge is 2.12. The summed E-state index contributed by atoms with van der Waals surface area (Å²) in [6.07, 6.45) is 0.803. The third kappa shape index (κ3) is 2.37. The molecule has 0 fully saturated rings. The van der Waals surface area contributed by atoms with Crippen LogP contribution >= 0.6 is 34.3 Å². The third-order valence-corrected chi connectivity index (χ3v) is 4.76. The fourth-order valence-electron chi connectivity index (χ4n) is 1.73. The average molecular weight is 280 g/mol. The molecular formula is C13H10ClNS2. The molecule has 4 heteroatoms. The zero-order valence-corrected chi connectivity index (χ0v) is 11.4. The van der Waals surface area contributed by atoms with Gasteiger partial charge in [0.2, 0.25) is 0 Å². The maximum absolute atomic E-state index is 6.38. The summed E-state index contributed by atoms with van der Waals surface area (Å²) in [4.78, 5) is 4.60. The van der Waals surface area contributed by atoms with E-state index in [1.165, 1.54) is 10.3 Å². The zero-order chi connectivity index (χ0) is 11.7. The van der Waals surface area contributed by atoms with Crippen molar-refractivity contribution in [2.75, 3.05) is 0 Å². The summed E-state index contributed by atoms with van der Waals surface area (Å²) in [6.45, 7) is 0. The lowest BCUT2D eigenvalue weighted by molar-refractivity contribution is 0.916. The molecule has 0 aliphatic heterocycles. The second-order valence-corrected chi connectivity index (χ2v) is 6.23. The molecule has 0 saturated carbocycles. The van der Waals surface area contributed by atoms with Crippen LogP contribution in [0.5, 0.6) is 0 Å². The van der Waals surface area contributed by atoms with E-state index in [1.54, 1.807) is 22.7 Å². The molecule has 1 nitrogen and oxygen atoms in total. The Hall–Kier alpha value is -0.900. The van der Waals surface area contributed by atoms with Crippen molar-refractivity contribution < 1.29 is 0 Å². The number of nitrogens with zero attached hydrogens (tertiary/aromatic N) is 1. The van der Waals surface area contributed by atoms with E-state index in [4.69, 9.17) is 11.6 Å². The summed E-state index contributed by atoms with van der Waals surface area (Å²) in [5.41, 5.74) is 2.26. The lowest BCUT2D eigenvalue weighted by Crippen LogP contribution is -1.93. The summed E-state index contributed by atoms with van der Waals surface area (Å²) in [5, 5.41) is 5.30. The fraction of sp³-hybridized carbons (Fsp3) is 0.154. The average Bonchev–Trinajstić information content (AvgIpc) is 2.97. The Morgan fingerprint density at radius 2 is 2.12 bits per heavy atom. The molecule has 1 atom stereocenters. The van der Waals surface area contributed by atoms with Gasteiger partial charge >= 0.3 is 0 Å². The van der Waals surface area contributed by atoms with Gasteiger partial charge in [-0.1, -0.05) is 12.1 Å². The fourth-order valence-corrected chi connectivity index (χ4v) is 3.91. The third-order valence-electron chi connectivity index (χ3n) is 2.60. The first-order valence-electron chi connectivity index (χ1n) is 5.33. The van der Waals surface area contributed by atoms with Crippen LogP contribution in [0.4, 0.5) is 0 Å². The van der Waals surface area contributed by atoms with Crippen molar-refractivity contribution in [1.82, 2.24) is 4.98 Å². The van der Waals surface area contributed by atoms with Crippen molar-refractivity contribution in [3.63, 3.8) is 0 Å². The predicted molar refractivity (Wildman–Crippen MR) is 76.2 cm³/mol. The molecule has 0 aliphatic rings. The summed E-state index contributed by atoms with van der Waals surface area (Å²) >= 11 is 9.80. The second-order valence-electron chi connectivity index (χ2n) is 3.80. The summed E-state index contributed by atoms with van der Waals surface area (Å²) in [5.74, 6) is 0. The Labute approximate surface area is 113 Å². The van der Waals surface area contributed by atoms with Crippen LogP contribution in [0.25, 0.3) is 10.2 Å². The lowest BCUT2D eigenvalue weighted by atomic mass is 10.2. The largest absolute Gasteiger partial charge is 0.241 e. The van der Waals surface area contributed by atoms with Crippen LogP contribution in [-0.4, -0.2) is 4.98 Å². The topological polar surface area (TPSA) is 12.9 Å². The molecule has 0 saturated heterocycles. The van der Waals surface area contributed by atoms with Crippen molar-refractivity contribution in [2.45, 2.75) is 11.8 Å². The van der Waals surface area contributed by atoms with Gasteiger partial charge in [0, 0.05) is 6.42 Å². The summed E-state index contributed by atoms with van der Waals surface area (Å²) in [6, 6.07) is 10.3. The van der Waals surface area contributed by atoms with E-state index in [-0.39, 0.29) is 5.38 Å². The number of aromatic nitrogens is 1. The van der Waals surface area contributed by atoms with Crippen LogP contribution in [-0.2, 0) is 6.42 Å². The molecule has 0 radical (unpaired) electrons. The SMILES string of the molecule is ClC(Cc1nc2ccccc2s1)c1ccsc1. The van der Waals surface area contributed by atoms with Crippen LogP contribution in [0, 0.1) is 0 Å². The quantitative estimate of drug-likeness (QED) is 0.623. The van der Waals surface area contributed by atoms with Crippen molar-refractivity contribution >= 4 is 44.5 Å². The molecular weight excluding hydrogens is 270 g/mol. The minimum atomic E-state index is 0.0295.